The third kappa shape index (κ3) is 3.59. The minimum atomic E-state index is -0.954. The van der Waals surface area contributed by atoms with Crippen LogP contribution in [0.4, 0.5) is 0 Å². The Morgan fingerprint density at radius 2 is 1.95 bits per heavy atom. The van der Waals surface area contributed by atoms with Gasteiger partial charge in [0, 0.05) is 0 Å². The molecule has 1 aromatic carbocycles. The first-order chi connectivity index (χ1) is 10.0. The van der Waals surface area contributed by atoms with Crippen molar-refractivity contribution in [3.63, 3.8) is 0 Å². The molecule has 1 saturated heterocycles. The SMILES string of the molecule is CN[C@@H]1[C@@H](O)[C@H](C)O[C@H](COC(=O)c2ccccc2)[C@H]1O. The van der Waals surface area contributed by atoms with Crippen LogP contribution in [-0.4, -0.2) is 60.3 Å². The third-order valence-corrected chi connectivity index (χ3v) is 3.71. The number of ether oxygens (including phenoxy) is 2. The molecule has 0 saturated carbocycles. The molecule has 6 nitrogen and oxygen atoms in total. The van der Waals surface area contributed by atoms with Gasteiger partial charge < -0.3 is 25.0 Å². The van der Waals surface area contributed by atoms with E-state index in [0.717, 1.165) is 0 Å². The van der Waals surface area contributed by atoms with E-state index in [0.29, 0.717) is 5.56 Å². The molecule has 116 valence electrons. The summed E-state index contributed by atoms with van der Waals surface area (Å²) in [5.41, 5.74) is 0.445. The van der Waals surface area contributed by atoms with Gasteiger partial charge in [-0.1, -0.05) is 18.2 Å². The van der Waals surface area contributed by atoms with Gasteiger partial charge in [0.05, 0.1) is 23.8 Å². The van der Waals surface area contributed by atoms with Crippen molar-refractivity contribution < 1.29 is 24.5 Å². The summed E-state index contributed by atoms with van der Waals surface area (Å²) in [4.78, 5) is 11.9. The highest BCUT2D eigenvalue weighted by atomic mass is 16.6. The first-order valence-electron chi connectivity index (χ1n) is 6.95. The Kier molecular flexibility index (Phi) is 5.30. The van der Waals surface area contributed by atoms with Gasteiger partial charge in [-0.15, -0.1) is 0 Å². The lowest BCUT2D eigenvalue weighted by Crippen LogP contribution is -2.62. The number of likely N-dealkylation sites (N-methyl/N-ethyl adjacent to an activating group) is 1. The average molecular weight is 295 g/mol. The fourth-order valence-corrected chi connectivity index (χ4v) is 2.46. The van der Waals surface area contributed by atoms with Gasteiger partial charge in [0.2, 0.25) is 0 Å². The molecule has 1 aromatic rings. The van der Waals surface area contributed by atoms with Gasteiger partial charge in [-0.25, -0.2) is 4.79 Å². The number of aliphatic hydroxyl groups is 2. The van der Waals surface area contributed by atoms with Crippen molar-refractivity contribution in [1.29, 1.82) is 0 Å². The number of esters is 1. The maximum Gasteiger partial charge on any atom is 0.338 e. The molecule has 1 aliphatic rings. The lowest BCUT2D eigenvalue weighted by atomic mass is 9.93. The molecule has 6 heteroatoms. The third-order valence-electron chi connectivity index (χ3n) is 3.71. The Balaban J connectivity index is 1.95. The Morgan fingerprint density at radius 1 is 1.29 bits per heavy atom. The summed E-state index contributed by atoms with van der Waals surface area (Å²) in [6.45, 7) is 1.65. The van der Waals surface area contributed by atoms with Crippen LogP contribution < -0.4 is 5.32 Å². The molecular weight excluding hydrogens is 274 g/mol. The van der Waals surface area contributed by atoms with E-state index < -0.39 is 36.4 Å². The molecular formula is C15H21NO5. The second-order valence-corrected chi connectivity index (χ2v) is 5.14. The molecule has 0 bridgehead atoms. The van der Waals surface area contributed by atoms with E-state index in [-0.39, 0.29) is 6.61 Å². The average Bonchev–Trinajstić information content (AvgIpc) is 2.51. The van der Waals surface area contributed by atoms with E-state index in [1.165, 1.54) is 0 Å². The van der Waals surface area contributed by atoms with E-state index in [2.05, 4.69) is 5.32 Å². The zero-order valence-corrected chi connectivity index (χ0v) is 12.1. The van der Waals surface area contributed by atoms with Gasteiger partial charge in [0.1, 0.15) is 18.8 Å². The van der Waals surface area contributed by atoms with Gasteiger partial charge in [0.15, 0.2) is 0 Å². The molecule has 0 spiro atoms. The lowest BCUT2D eigenvalue weighted by molar-refractivity contribution is -0.187. The van der Waals surface area contributed by atoms with Crippen LogP contribution in [0.2, 0.25) is 0 Å². The molecule has 0 amide bonds. The topological polar surface area (TPSA) is 88.0 Å². The van der Waals surface area contributed by atoms with Gasteiger partial charge >= 0.3 is 5.97 Å². The van der Waals surface area contributed by atoms with Crippen LogP contribution in [0.3, 0.4) is 0 Å². The van der Waals surface area contributed by atoms with Gasteiger partial charge in [-0.05, 0) is 26.1 Å². The van der Waals surface area contributed by atoms with Crippen LogP contribution in [-0.2, 0) is 9.47 Å². The second-order valence-electron chi connectivity index (χ2n) is 5.14. The molecule has 0 radical (unpaired) electrons. The Labute approximate surface area is 123 Å². The van der Waals surface area contributed by atoms with Crippen molar-refractivity contribution in [2.24, 2.45) is 0 Å². The number of rotatable bonds is 4. The summed E-state index contributed by atoms with van der Waals surface area (Å²) in [6.07, 6.45) is -2.89. The fourth-order valence-electron chi connectivity index (χ4n) is 2.46. The van der Waals surface area contributed by atoms with Crippen molar-refractivity contribution in [2.45, 2.75) is 37.4 Å². The predicted molar refractivity (Wildman–Crippen MR) is 75.9 cm³/mol. The van der Waals surface area contributed by atoms with Gasteiger partial charge in [-0.2, -0.15) is 0 Å². The van der Waals surface area contributed by atoms with Crippen LogP contribution in [0.25, 0.3) is 0 Å². The maximum atomic E-state index is 11.9. The van der Waals surface area contributed by atoms with Gasteiger partial charge in [-0.3, -0.25) is 0 Å². The van der Waals surface area contributed by atoms with Crippen molar-refractivity contribution in [3.05, 3.63) is 35.9 Å². The molecule has 1 aliphatic heterocycles. The van der Waals surface area contributed by atoms with Gasteiger partial charge in [0.25, 0.3) is 0 Å². The maximum absolute atomic E-state index is 11.9. The van der Waals surface area contributed by atoms with Crippen molar-refractivity contribution in [2.75, 3.05) is 13.7 Å². The molecule has 0 unspecified atom stereocenters. The standard InChI is InChI=1S/C15H21NO5/c1-9-13(17)12(16-2)14(18)11(21-9)8-20-15(19)10-6-4-3-5-7-10/h3-7,9,11-14,16-18H,8H2,1-2H3/t9-,11+,12+,13-,14+/m0/s1. The molecule has 1 fully saturated rings. The number of nitrogens with one attached hydrogen (secondary N) is 1. The largest absolute Gasteiger partial charge is 0.459 e. The van der Waals surface area contributed by atoms with Crippen molar-refractivity contribution in [1.82, 2.24) is 5.32 Å². The van der Waals surface area contributed by atoms with E-state index in [9.17, 15) is 15.0 Å². The Hall–Kier alpha value is -1.47. The van der Waals surface area contributed by atoms with E-state index >= 15 is 0 Å². The van der Waals surface area contributed by atoms with Crippen LogP contribution in [0.1, 0.15) is 17.3 Å². The van der Waals surface area contributed by atoms with Crippen LogP contribution in [0.15, 0.2) is 30.3 Å². The molecule has 1 heterocycles. The summed E-state index contributed by atoms with van der Waals surface area (Å²) < 4.78 is 10.7. The second kappa shape index (κ2) is 7.00. The summed E-state index contributed by atoms with van der Waals surface area (Å²) in [7, 11) is 1.65. The van der Waals surface area contributed by atoms with E-state index in [1.54, 1.807) is 38.2 Å². The smallest absolute Gasteiger partial charge is 0.338 e. The number of aliphatic hydroxyl groups excluding tert-OH is 2. The minimum Gasteiger partial charge on any atom is -0.459 e. The van der Waals surface area contributed by atoms with E-state index in [1.807, 2.05) is 6.07 Å². The summed E-state index contributed by atoms with van der Waals surface area (Å²) >= 11 is 0. The Bertz CT molecular complexity index is 466. The first-order valence-corrected chi connectivity index (χ1v) is 6.95. The summed E-state index contributed by atoms with van der Waals surface area (Å²) in [5.74, 6) is -0.466. The quantitative estimate of drug-likeness (QED) is 0.675. The monoisotopic (exact) mass is 295 g/mol. The Morgan fingerprint density at radius 3 is 2.57 bits per heavy atom. The molecule has 3 N–H and O–H groups in total. The molecule has 21 heavy (non-hydrogen) atoms. The fraction of sp³-hybridized carbons (Fsp3) is 0.533. The minimum absolute atomic E-state index is 0.0653. The normalized spacial score (nSPS) is 32.7. The number of benzene rings is 1. The zero-order chi connectivity index (χ0) is 15.4. The molecule has 2 rings (SSSR count). The summed E-state index contributed by atoms with van der Waals surface area (Å²) in [5, 5.41) is 23.0. The zero-order valence-electron chi connectivity index (χ0n) is 12.1. The molecule has 5 atom stereocenters. The first kappa shape index (κ1) is 15.9. The van der Waals surface area contributed by atoms with Crippen molar-refractivity contribution in [3.8, 4) is 0 Å². The van der Waals surface area contributed by atoms with Crippen LogP contribution in [0, 0.1) is 0 Å². The number of carbonyl (C=O) groups is 1. The summed E-state index contributed by atoms with van der Waals surface area (Å²) in [6, 6.07) is 8.10. The molecule has 0 aliphatic carbocycles. The highest BCUT2D eigenvalue weighted by Gasteiger charge is 2.42. The lowest BCUT2D eigenvalue weighted by Gasteiger charge is -2.41. The molecule has 0 aromatic heterocycles. The number of hydrogen-bond acceptors (Lipinski definition) is 6. The van der Waals surface area contributed by atoms with Crippen LogP contribution >= 0.6 is 0 Å². The highest BCUT2D eigenvalue weighted by molar-refractivity contribution is 5.89. The number of carbonyl (C=O) groups excluding carboxylic acids is 1. The van der Waals surface area contributed by atoms with E-state index in [4.69, 9.17) is 9.47 Å². The predicted octanol–water partition coefficient (Wildman–Crippen LogP) is -0.0595. The van der Waals surface area contributed by atoms with Crippen molar-refractivity contribution >= 4 is 5.97 Å². The van der Waals surface area contributed by atoms with Crippen LogP contribution in [0.5, 0.6) is 0 Å². The highest BCUT2D eigenvalue weighted by Crippen LogP contribution is 2.21. The number of hydrogen-bond donors (Lipinski definition) is 3.